The lowest BCUT2D eigenvalue weighted by atomic mass is 10.2. The molecule has 0 saturated heterocycles. The molecule has 15 heavy (non-hydrogen) atoms. The van der Waals surface area contributed by atoms with Gasteiger partial charge in [0.25, 0.3) is 0 Å². The summed E-state index contributed by atoms with van der Waals surface area (Å²) in [5.41, 5.74) is 0.833. The summed E-state index contributed by atoms with van der Waals surface area (Å²) in [6.45, 7) is 1.33. The number of fused-ring (bicyclic) bond motifs is 1. The Bertz CT molecular complexity index is 535. The standard InChI is InChI=1S/C10H7BrClNO2/c1-5(14)15-10-9(12)7-4-6(11)2-3-8(7)13-10/h2-4,13H,1H3. The summed E-state index contributed by atoms with van der Waals surface area (Å²) >= 11 is 9.39. The maximum Gasteiger partial charge on any atom is 0.309 e. The molecular weight excluding hydrogens is 281 g/mol. The number of nitrogens with one attached hydrogen (secondary N) is 1. The van der Waals surface area contributed by atoms with Crippen LogP contribution in [0, 0.1) is 0 Å². The topological polar surface area (TPSA) is 42.1 Å². The van der Waals surface area contributed by atoms with Crippen molar-refractivity contribution in [1.82, 2.24) is 4.98 Å². The van der Waals surface area contributed by atoms with E-state index in [1.54, 1.807) is 0 Å². The highest BCUT2D eigenvalue weighted by Crippen LogP contribution is 2.34. The zero-order valence-corrected chi connectivity index (χ0v) is 10.1. The van der Waals surface area contributed by atoms with E-state index in [-0.39, 0.29) is 5.88 Å². The predicted octanol–water partition coefficient (Wildman–Crippen LogP) is 3.51. The maximum absolute atomic E-state index is 10.8. The molecule has 0 bridgehead atoms. The fourth-order valence-corrected chi connectivity index (χ4v) is 1.92. The number of H-pyrrole nitrogens is 1. The van der Waals surface area contributed by atoms with E-state index < -0.39 is 5.97 Å². The van der Waals surface area contributed by atoms with Gasteiger partial charge in [-0.1, -0.05) is 27.5 Å². The van der Waals surface area contributed by atoms with Crippen molar-refractivity contribution in [2.24, 2.45) is 0 Å². The largest absolute Gasteiger partial charge is 0.408 e. The van der Waals surface area contributed by atoms with E-state index in [2.05, 4.69) is 20.9 Å². The van der Waals surface area contributed by atoms with Crippen LogP contribution in [0.15, 0.2) is 22.7 Å². The number of carbonyl (C=O) groups excluding carboxylic acids is 1. The van der Waals surface area contributed by atoms with Crippen LogP contribution in [0.5, 0.6) is 5.88 Å². The Labute approximate surface area is 99.5 Å². The second-order valence-corrected chi connectivity index (χ2v) is 4.35. The molecule has 2 aromatic rings. The molecule has 0 unspecified atom stereocenters. The van der Waals surface area contributed by atoms with Gasteiger partial charge >= 0.3 is 5.97 Å². The molecule has 0 atom stereocenters. The Morgan fingerprint density at radius 2 is 2.27 bits per heavy atom. The first-order valence-electron chi connectivity index (χ1n) is 4.23. The van der Waals surface area contributed by atoms with E-state index in [9.17, 15) is 4.79 Å². The van der Waals surface area contributed by atoms with Crippen LogP contribution in [0.25, 0.3) is 10.9 Å². The van der Waals surface area contributed by atoms with Crippen molar-refractivity contribution in [3.05, 3.63) is 27.7 Å². The molecule has 0 aliphatic carbocycles. The van der Waals surface area contributed by atoms with Crippen molar-refractivity contribution < 1.29 is 9.53 Å². The van der Waals surface area contributed by atoms with Gasteiger partial charge in [-0.25, -0.2) is 0 Å². The van der Waals surface area contributed by atoms with Gasteiger partial charge in [0.1, 0.15) is 5.02 Å². The molecule has 0 radical (unpaired) electrons. The number of halogens is 2. The quantitative estimate of drug-likeness (QED) is 0.816. The van der Waals surface area contributed by atoms with Crippen molar-refractivity contribution in [3.8, 4) is 5.88 Å². The molecule has 1 N–H and O–H groups in total. The molecule has 3 nitrogen and oxygen atoms in total. The Morgan fingerprint density at radius 1 is 1.53 bits per heavy atom. The number of benzene rings is 1. The zero-order valence-electron chi connectivity index (χ0n) is 7.80. The molecule has 1 heterocycles. The number of hydrogen-bond acceptors (Lipinski definition) is 2. The van der Waals surface area contributed by atoms with Gasteiger partial charge in [0.05, 0.1) is 0 Å². The smallest absolute Gasteiger partial charge is 0.309 e. The maximum atomic E-state index is 10.8. The van der Waals surface area contributed by atoms with Crippen LogP contribution in [0.3, 0.4) is 0 Å². The third kappa shape index (κ3) is 2.01. The van der Waals surface area contributed by atoms with Crippen LogP contribution in [-0.4, -0.2) is 11.0 Å². The first-order chi connectivity index (χ1) is 7.08. The highest BCUT2D eigenvalue weighted by molar-refractivity contribution is 9.10. The van der Waals surface area contributed by atoms with Crippen LogP contribution in [0.2, 0.25) is 5.02 Å². The van der Waals surface area contributed by atoms with Gasteiger partial charge in [-0.3, -0.25) is 4.79 Å². The second kappa shape index (κ2) is 3.87. The summed E-state index contributed by atoms with van der Waals surface area (Å²) in [6.07, 6.45) is 0. The van der Waals surface area contributed by atoms with E-state index in [4.69, 9.17) is 16.3 Å². The van der Waals surface area contributed by atoms with Crippen LogP contribution >= 0.6 is 27.5 Å². The van der Waals surface area contributed by atoms with Gasteiger partial charge in [-0.05, 0) is 18.2 Å². The van der Waals surface area contributed by atoms with E-state index in [0.29, 0.717) is 5.02 Å². The van der Waals surface area contributed by atoms with Crippen LogP contribution < -0.4 is 4.74 Å². The highest BCUT2D eigenvalue weighted by Gasteiger charge is 2.12. The number of hydrogen-bond donors (Lipinski definition) is 1. The zero-order chi connectivity index (χ0) is 11.0. The number of aromatic nitrogens is 1. The van der Waals surface area contributed by atoms with Crippen molar-refractivity contribution in [2.45, 2.75) is 6.92 Å². The average molecular weight is 289 g/mol. The van der Waals surface area contributed by atoms with Gasteiger partial charge in [0, 0.05) is 22.3 Å². The SMILES string of the molecule is CC(=O)Oc1[nH]c2ccc(Br)cc2c1Cl. The van der Waals surface area contributed by atoms with Gasteiger partial charge < -0.3 is 9.72 Å². The van der Waals surface area contributed by atoms with Crippen LogP contribution in [-0.2, 0) is 4.79 Å². The molecule has 0 aliphatic rings. The number of esters is 1. The third-order valence-corrected chi connectivity index (χ3v) is 2.78. The summed E-state index contributed by atoms with van der Waals surface area (Å²) in [6, 6.07) is 5.60. The Balaban J connectivity index is 2.59. The van der Waals surface area contributed by atoms with E-state index in [1.807, 2.05) is 18.2 Å². The minimum Gasteiger partial charge on any atom is -0.408 e. The normalized spacial score (nSPS) is 10.6. The lowest BCUT2D eigenvalue weighted by Gasteiger charge is -1.96. The monoisotopic (exact) mass is 287 g/mol. The molecule has 78 valence electrons. The highest BCUT2D eigenvalue weighted by atomic mass is 79.9. The minimum atomic E-state index is -0.400. The lowest BCUT2D eigenvalue weighted by molar-refractivity contribution is -0.132. The Kier molecular flexibility index (Phi) is 2.71. The number of aromatic amines is 1. The van der Waals surface area contributed by atoms with E-state index in [1.165, 1.54) is 6.92 Å². The second-order valence-electron chi connectivity index (χ2n) is 3.05. The van der Waals surface area contributed by atoms with E-state index >= 15 is 0 Å². The summed E-state index contributed by atoms with van der Waals surface area (Å²) in [4.78, 5) is 13.7. The number of carbonyl (C=O) groups is 1. The number of ether oxygens (including phenoxy) is 1. The molecule has 2 rings (SSSR count). The predicted molar refractivity (Wildman–Crippen MR) is 62.3 cm³/mol. The third-order valence-electron chi connectivity index (χ3n) is 1.91. The Morgan fingerprint density at radius 3 is 2.93 bits per heavy atom. The molecule has 0 aliphatic heterocycles. The van der Waals surface area contributed by atoms with Crippen molar-refractivity contribution in [2.75, 3.05) is 0 Å². The lowest BCUT2D eigenvalue weighted by Crippen LogP contribution is -2.01. The number of rotatable bonds is 1. The van der Waals surface area contributed by atoms with Gasteiger partial charge in [0.15, 0.2) is 0 Å². The minimum absolute atomic E-state index is 0.289. The first kappa shape index (κ1) is 10.5. The molecule has 0 saturated carbocycles. The summed E-state index contributed by atoms with van der Waals surface area (Å²) in [5.74, 6) is -0.111. The summed E-state index contributed by atoms with van der Waals surface area (Å²) in [5, 5.41) is 1.24. The average Bonchev–Trinajstić information content (AvgIpc) is 2.44. The molecule has 1 aromatic carbocycles. The molecule has 0 fully saturated rings. The Hall–Kier alpha value is -1.000. The summed E-state index contributed by atoms with van der Waals surface area (Å²) < 4.78 is 5.85. The molecule has 0 spiro atoms. The van der Waals surface area contributed by atoms with Crippen LogP contribution in [0.4, 0.5) is 0 Å². The molecular formula is C10H7BrClNO2. The van der Waals surface area contributed by atoms with Crippen LogP contribution in [0.1, 0.15) is 6.92 Å². The van der Waals surface area contributed by atoms with Gasteiger partial charge in [0.2, 0.25) is 5.88 Å². The molecule has 0 amide bonds. The fraction of sp³-hybridized carbons (Fsp3) is 0.100. The van der Waals surface area contributed by atoms with Crippen molar-refractivity contribution in [3.63, 3.8) is 0 Å². The van der Waals surface area contributed by atoms with E-state index in [0.717, 1.165) is 15.4 Å². The fourth-order valence-electron chi connectivity index (χ4n) is 1.32. The van der Waals surface area contributed by atoms with Crippen molar-refractivity contribution in [1.29, 1.82) is 0 Å². The van der Waals surface area contributed by atoms with Gasteiger partial charge in [-0.15, -0.1) is 0 Å². The molecule has 5 heteroatoms. The van der Waals surface area contributed by atoms with Gasteiger partial charge in [-0.2, -0.15) is 0 Å². The van der Waals surface area contributed by atoms with Crippen molar-refractivity contribution >= 4 is 44.4 Å². The summed E-state index contributed by atoms with van der Waals surface area (Å²) in [7, 11) is 0. The first-order valence-corrected chi connectivity index (χ1v) is 5.40. The molecule has 1 aromatic heterocycles.